The number of hydrogen-bond donors (Lipinski definition) is 2. The molecule has 0 unspecified atom stereocenters. The van der Waals surface area contributed by atoms with E-state index in [0.29, 0.717) is 10.2 Å². The highest BCUT2D eigenvalue weighted by Gasteiger charge is 2.19. The molecule has 0 fully saturated rings. The summed E-state index contributed by atoms with van der Waals surface area (Å²) in [6, 6.07) is 3.34. The molecule has 4 heterocycles. The van der Waals surface area contributed by atoms with Crippen LogP contribution in [-0.4, -0.2) is 33.1 Å². The fraction of sp³-hybridized carbons (Fsp3) is 0.333. The maximum atomic E-state index is 11.6. The Kier molecular flexibility index (Phi) is 2.77. The minimum Gasteiger partial charge on any atom is -0.506 e. The van der Waals surface area contributed by atoms with Crippen molar-refractivity contribution in [3.63, 3.8) is 0 Å². The van der Waals surface area contributed by atoms with E-state index in [0.717, 1.165) is 42.0 Å². The van der Waals surface area contributed by atoms with E-state index in [1.54, 1.807) is 0 Å². The van der Waals surface area contributed by atoms with E-state index in [4.69, 9.17) is 4.98 Å². The third-order valence-corrected chi connectivity index (χ3v) is 5.23. The lowest BCUT2D eigenvalue weighted by Crippen LogP contribution is -2.30. The van der Waals surface area contributed by atoms with Gasteiger partial charge in [0.2, 0.25) is 0 Å². The number of nitrogens with zero attached hydrogens (tertiary/aromatic N) is 2. The Labute approximate surface area is 124 Å². The summed E-state index contributed by atoms with van der Waals surface area (Å²) < 4.78 is 0.701. The first-order chi connectivity index (χ1) is 10.2. The van der Waals surface area contributed by atoms with E-state index >= 15 is 0 Å². The zero-order valence-electron chi connectivity index (χ0n) is 11.6. The average Bonchev–Trinajstić information content (AvgIpc) is 2.82. The molecule has 2 N–H and O–H groups in total. The largest absolute Gasteiger partial charge is 0.506 e. The van der Waals surface area contributed by atoms with E-state index in [-0.39, 0.29) is 11.3 Å². The lowest BCUT2D eigenvalue weighted by atomic mass is 10.0. The molecule has 0 spiro atoms. The summed E-state index contributed by atoms with van der Waals surface area (Å²) in [6.07, 6.45) is 0.954. The van der Waals surface area contributed by atoms with Crippen LogP contribution in [0.4, 0.5) is 0 Å². The van der Waals surface area contributed by atoms with Crippen LogP contribution in [0.5, 0.6) is 5.75 Å². The molecule has 4 rings (SSSR count). The molecular formula is C15H15N3O2S. The van der Waals surface area contributed by atoms with Crippen molar-refractivity contribution in [2.45, 2.75) is 19.9 Å². The van der Waals surface area contributed by atoms with Gasteiger partial charge in [-0.15, -0.1) is 11.3 Å². The van der Waals surface area contributed by atoms with Crippen molar-refractivity contribution in [1.29, 1.82) is 0 Å². The molecule has 0 saturated heterocycles. The van der Waals surface area contributed by atoms with Crippen LogP contribution in [0.1, 0.15) is 18.2 Å². The minimum atomic E-state index is -0.285. The molecule has 0 radical (unpaired) electrons. The maximum Gasteiger partial charge on any atom is 0.252 e. The average molecular weight is 301 g/mol. The minimum absolute atomic E-state index is 0.0323. The molecule has 0 atom stereocenters. The number of likely N-dealkylation sites (N-methyl/N-ethyl adjacent to an activating group) is 1. The van der Waals surface area contributed by atoms with Gasteiger partial charge in [-0.05, 0) is 18.2 Å². The Bertz CT molecular complexity index is 913. The molecular weight excluding hydrogens is 286 g/mol. The Morgan fingerprint density at radius 3 is 3.14 bits per heavy atom. The van der Waals surface area contributed by atoms with Crippen LogP contribution >= 0.6 is 11.3 Å². The van der Waals surface area contributed by atoms with Crippen LogP contribution < -0.4 is 5.56 Å². The summed E-state index contributed by atoms with van der Waals surface area (Å²) in [5, 5.41) is 10.9. The number of rotatable bonds is 1. The van der Waals surface area contributed by atoms with Crippen LogP contribution in [0.3, 0.4) is 0 Å². The van der Waals surface area contributed by atoms with Crippen molar-refractivity contribution < 1.29 is 5.11 Å². The van der Waals surface area contributed by atoms with Crippen molar-refractivity contribution in [3.05, 3.63) is 33.7 Å². The van der Waals surface area contributed by atoms with Gasteiger partial charge in [0, 0.05) is 36.7 Å². The van der Waals surface area contributed by atoms with Gasteiger partial charge in [-0.2, -0.15) is 0 Å². The van der Waals surface area contributed by atoms with Crippen LogP contribution in [0.2, 0.25) is 0 Å². The maximum absolute atomic E-state index is 11.6. The molecule has 0 amide bonds. The fourth-order valence-corrected chi connectivity index (χ4v) is 4.01. The zero-order valence-corrected chi connectivity index (χ0v) is 12.5. The highest BCUT2D eigenvalue weighted by atomic mass is 32.1. The number of pyridine rings is 2. The van der Waals surface area contributed by atoms with Gasteiger partial charge in [-0.1, -0.05) is 6.92 Å². The van der Waals surface area contributed by atoms with Crippen molar-refractivity contribution in [1.82, 2.24) is 14.9 Å². The van der Waals surface area contributed by atoms with Gasteiger partial charge in [-0.25, -0.2) is 4.98 Å². The van der Waals surface area contributed by atoms with Gasteiger partial charge in [-0.3, -0.25) is 9.69 Å². The van der Waals surface area contributed by atoms with Gasteiger partial charge >= 0.3 is 0 Å². The van der Waals surface area contributed by atoms with Crippen molar-refractivity contribution in [3.8, 4) is 5.75 Å². The van der Waals surface area contributed by atoms with Crippen LogP contribution in [-0.2, 0) is 13.0 Å². The van der Waals surface area contributed by atoms with Gasteiger partial charge < -0.3 is 10.1 Å². The first kappa shape index (κ1) is 12.8. The number of thiophene rings is 1. The molecule has 1 aliphatic heterocycles. The van der Waals surface area contributed by atoms with Gasteiger partial charge in [0.25, 0.3) is 5.56 Å². The van der Waals surface area contributed by atoms with Crippen LogP contribution in [0, 0.1) is 0 Å². The predicted octanol–water partition coefficient (Wildman–Crippen LogP) is 2.22. The van der Waals surface area contributed by atoms with Crippen molar-refractivity contribution in [2.75, 3.05) is 13.1 Å². The molecule has 3 aromatic rings. The number of aromatic hydroxyl groups is 1. The Morgan fingerprint density at radius 2 is 2.33 bits per heavy atom. The number of aromatic nitrogens is 2. The second-order valence-corrected chi connectivity index (χ2v) is 6.39. The lowest BCUT2D eigenvalue weighted by molar-refractivity contribution is 0.266. The molecule has 21 heavy (non-hydrogen) atoms. The number of hydrogen-bond acceptors (Lipinski definition) is 5. The highest BCUT2D eigenvalue weighted by Crippen LogP contribution is 2.37. The van der Waals surface area contributed by atoms with E-state index < -0.39 is 0 Å². The second-order valence-electron chi connectivity index (χ2n) is 5.39. The summed E-state index contributed by atoms with van der Waals surface area (Å²) in [7, 11) is 0. The SMILES string of the molecule is CCN1CCc2nc3sc4c(O)cc(=O)[nH]c4c3cc2C1. The normalized spacial score (nSPS) is 15.7. The van der Waals surface area contributed by atoms with Crippen LogP contribution in [0.25, 0.3) is 20.4 Å². The Hall–Kier alpha value is -1.92. The lowest BCUT2D eigenvalue weighted by Gasteiger charge is -2.26. The number of aromatic amines is 1. The van der Waals surface area contributed by atoms with E-state index in [1.165, 1.54) is 23.0 Å². The zero-order chi connectivity index (χ0) is 14.6. The topological polar surface area (TPSA) is 69.2 Å². The first-order valence-electron chi connectivity index (χ1n) is 7.05. The molecule has 3 aromatic heterocycles. The number of nitrogens with one attached hydrogen (secondary N) is 1. The van der Waals surface area contributed by atoms with Crippen molar-refractivity contribution >= 4 is 31.8 Å². The Balaban J connectivity index is 2.01. The smallest absolute Gasteiger partial charge is 0.252 e. The van der Waals surface area contributed by atoms with Crippen molar-refractivity contribution in [2.24, 2.45) is 0 Å². The predicted molar refractivity (Wildman–Crippen MR) is 84.1 cm³/mol. The molecule has 108 valence electrons. The summed E-state index contributed by atoms with van der Waals surface area (Å²) in [4.78, 5) is 22.4. The Morgan fingerprint density at radius 1 is 1.48 bits per heavy atom. The van der Waals surface area contributed by atoms with Gasteiger partial charge in [0.1, 0.15) is 10.6 Å². The van der Waals surface area contributed by atoms with E-state index in [9.17, 15) is 9.90 Å². The standard InChI is InChI=1S/C15H15N3O2S/c1-2-18-4-3-10-8(7-18)5-9-13-14(21-15(9)16-10)11(19)6-12(20)17-13/h5-6H,2-4,7H2,1H3,(H2,17,19,20). The molecule has 0 saturated carbocycles. The highest BCUT2D eigenvalue weighted by molar-refractivity contribution is 7.25. The number of fused-ring (bicyclic) bond motifs is 4. The third kappa shape index (κ3) is 1.94. The van der Waals surface area contributed by atoms with E-state index in [1.807, 2.05) is 0 Å². The molecule has 6 heteroatoms. The molecule has 5 nitrogen and oxygen atoms in total. The fourth-order valence-electron chi connectivity index (χ4n) is 2.96. The second kappa shape index (κ2) is 4.54. The summed E-state index contributed by atoms with van der Waals surface area (Å²) in [6.45, 7) is 5.12. The molecule has 0 aliphatic carbocycles. The summed E-state index contributed by atoms with van der Waals surface area (Å²) >= 11 is 1.43. The molecule has 1 aliphatic rings. The number of H-pyrrole nitrogens is 1. The van der Waals surface area contributed by atoms with Crippen LogP contribution in [0.15, 0.2) is 16.9 Å². The van der Waals surface area contributed by atoms with Gasteiger partial charge in [0.15, 0.2) is 0 Å². The molecule has 0 aromatic carbocycles. The molecule has 0 bridgehead atoms. The quantitative estimate of drug-likeness (QED) is 0.723. The monoisotopic (exact) mass is 301 g/mol. The first-order valence-corrected chi connectivity index (χ1v) is 7.87. The third-order valence-electron chi connectivity index (χ3n) is 4.11. The van der Waals surface area contributed by atoms with Gasteiger partial charge in [0.05, 0.1) is 10.2 Å². The summed E-state index contributed by atoms with van der Waals surface area (Å²) in [5.74, 6) is 0.0323. The van der Waals surface area contributed by atoms with E-state index in [2.05, 4.69) is 22.9 Å². The summed E-state index contributed by atoms with van der Waals surface area (Å²) in [5.41, 5.74) is 2.77.